The van der Waals surface area contributed by atoms with Crippen molar-refractivity contribution in [1.82, 2.24) is 5.32 Å². The molecule has 0 radical (unpaired) electrons. The Morgan fingerprint density at radius 3 is 2.94 bits per heavy atom. The lowest BCUT2D eigenvalue weighted by molar-refractivity contribution is -0.384. The average Bonchev–Trinajstić information content (AvgIpc) is 2.78. The normalized spacial score (nSPS) is 22.7. The van der Waals surface area contributed by atoms with Gasteiger partial charge in [0.05, 0.1) is 10.3 Å². The number of nitro benzene ring substituents is 1. The minimum atomic E-state index is -0.478. The van der Waals surface area contributed by atoms with E-state index in [1.54, 1.807) is 12.1 Å². The minimum absolute atomic E-state index is 0.0255. The van der Waals surface area contributed by atoms with Crippen LogP contribution in [0, 0.1) is 15.5 Å². The zero-order chi connectivity index (χ0) is 13.2. The number of benzene rings is 1. The number of hydrogen-bond donors (Lipinski definition) is 2. The molecule has 1 atom stereocenters. The molecule has 1 aliphatic rings. The lowest BCUT2D eigenvalue weighted by atomic mass is 9.89. The molecule has 0 aromatic heterocycles. The molecule has 96 valence electrons. The Morgan fingerprint density at radius 2 is 2.33 bits per heavy atom. The first-order valence-corrected chi connectivity index (χ1v) is 5.78. The van der Waals surface area contributed by atoms with E-state index in [0.717, 1.165) is 13.0 Å². The summed E-state index contributed by atoms with van der Waals surface area (Å²) in [5, 5.41) is 16.5. The molecule has 1 aliphatic heterocycles. The van der Waals surface area contributed by atoms with E-state index < -0.39 is 10.3 Å². The molecule has 2 rings (SSSR count). The van der Waals surface area contributed by atoms with E-state index >= 15 is 0 Å². The van der Waals surface area contributed by atoms with Gasteiger partial charge in [0.15, 0.2) is 0 Å². The highest BCUT2D eigenvalue weighted by molar-refractivity contribution is 5.95. The van der Waals surface area contributed by atoms with Gasteiger partial charge in [0.25, 0.3) is 5.69 Å². The van der Waals surface area contributed by atoms with Gasteiger partial charge in [0, 0.05) is 24.4 Å². The number of nitrogens with one attached hydrogen (secondary N) is 2. The van der Waals surface area contributed by atoms with Gasteiger partial charge in [-0.05, 0) is 26.0 Å². The van der Waals surface area contributed by atoms with Crippen LogP contribution in [0.25, 0.3) is 0 Å². The third-order valence-corrected chi connectivity index (χ3v) is 3.23. The molecule has 1 unspecified atom stereocenters. The first kappa shape index (κ1) is 12.5. The smallest absolute Gasteiger partial charge is 0.271 e. The summed E-state index contributed by atoms with van der Waals surface area (Å²) in [5.41, 5.74) is -0.00484. The lowest BCUT2D eigenvalue weighted by Gasteiger charge is -2.21. The molecule has 6 nitrogen and oxygen atoms in total. The van der Waals surface area contributed by atoms with Crippen molar-refractivity contribution in [1.29, 1.82) is 0 Å². The predicted molar refractivity (Wildman–Crippen MR) is 67.3 cm³/mol. The number of anilines is 1. The van der Waals surface area contributed by atoms with Gasteiger partial charge in [0.1, 0.15) is 0 Å². The van der Waals surface area contributed by atoms with Crippen LogP contribution in [0.4, 0.5) is 11.4 Å². The van der Waals surface area contributed by atoms with Crippen molar-refractivity contribution in [2.75, 3.05) is 18.4 Å². The van der Waals surface area contributed by atoms with Crippen LogP contribution in [-0.4, -0.2) is 23.9 Å². The maximum atomic E-state index is 12.1. The third kappa shape index (κ3) is 2.48. The van der Waals surface area contributed by atoms with Gasteiger partial charge in [-0.1, -0.05) is 6.07 Å². The maximum absolute atomic E-state index is 12.1. The molecule has 1 saturated heterocycles. The van der Waals surface area contributed by atoms with Crippen LogP contribution in [0.3, 0.4) is 0 Å². The van der Waals surface area contributed by atoms with Crippen LogP contribution in [0.15, 0.2) is 24.3 Å². The fourth-order valence-corrected chi connectivity index (χ4v) is 1.99. The van der Waals surface area contributed by atoms with Crippen LogP contribution in [0.5, 0.6) is 0 Å². The summed E-state index contributed by atoms with van der Waals surface area (Å²) in [6.45, 7) is 3.34. The summed E-state index contributed by atoms with van der Waals surface area (Å²) in [4.78, 5) is 22.3. The third-order valence-electron chi connectivity index (χ3n) is 3.23. The van der Waals surface area contributed by atoms with E-state index in [1.165, 1.54) is 12.1 Å². The van der Waals surface area contributed by atoms with Crippen molar-refractivity contribution in [2.24, 2.45) is 5.41 Å². The van der Waals surface area contributed by atoms with Crippen molar-refractivity contribution in [2.45, 2.75) is 13.3 Å². The summed E-state index contributed by atoms with van der Waals surface area (Å²) in [7, 11) is 0. The van der Waals surface area contributed by atoms with Gasteiger partial charge >= 0.3 is 0 Å². The van der Waals surface area contributed by atoms with Crippen molar-refractivity contribution < 1.29 is 9.72 Å². The quantitative estimate of drug-likeness (QED) is 0.628. The molecular formula is C12H15N3O3. The monoisotopic (exact) mass is 249 g/mol. The zero-order valence-corrected chi connectivity index (χ0v) is 10.1. The van der Waals surface area contributed by atoms with E-state index in [2.05, 4.69) is 10.6 Å². The predicted octanol–water partition coefficient (Wildman–Crippen LogP) is 1.53. The Balaban J connectivity index is 2.11. The highest BCUT2D eigenvalue weighted by atomic mass is 16.6. The molecule has 0 aliphatic carbocycles. The molecule has 1 amide bonds. The molecule has 0 bridgehead atoms. The number of non-ortho nitro benzene ring substituents is 1. The van der Waals surface area contributed by atoms with E-state index in [4.69, 9.17) is 0 Å². The highest BCUT2D eigenvalue weighted by Gasteiger charge is 2.36. The van der Waals surface area contributed by atoms with Crippen molar-refractivity contribution >= 4 is 17.3 Å². The Bertz CT molecular complexity index is 481. The Labute approximate surface area is 105 Å². The second kappa shape index (κ2) is 4.73. The zero-order valence-electron chi connectivity index (χ0n) is 10.1. The molecule has 1 fully saturated rings. The molecule has 1 aromatic carbocycles. The molecule has 0 saturated carbocycles. The SMILES string of the molecule is CC1(C(=O)Nc2cccc([N+](=O)[O-])c2)CCNC1. The maximum Gasteiger partial charge on any atom is 0.271 e. The minimum Gasteiger partial charge on any atom is -0.325 e. The standard InChI is InChI=1S/C12H15N3O3/c1-12(5-6-13-8-12)11(16)14-9-3-2-4-10(7-9)15(17)18/h2-4,7,13H,5-6,8H2,1H3,(H,14,16). The Kier molecular flexibility index (Phi) is 3.29. The number of nitrogens with zero attached hydrogens (tertiary/aromatic N) is 1. The van der Waals surface area contributed by atoms with Crippen LogP contribution >= 0.6 is 0 Å². The van der Waals surface area contributed by atoms with E-state index in [9.17, 15) is 14.9 Å². The van der Waals surface area contributed by atoms with E-state index in [-0.39, 0.29) is 11.6 Å². The molecule has 1 aromatic rings. The van der Waals surface area contributed by atoms with Crippen LogP contribution in [0.2, 0.25) is 0 Å². The van der Waals surface area contributed by atoms with Gasteiger partial charge in [-0.25, -0.2) is 0 Å². The number of nitro groups is 1. The highest BCUT2D eigenvalue weighted by Crippen LogP contribution is 2.27. The number of rotatable bonds is 3. The molecule has 0 spiro atoms. The van der Waals surface area contributed by atoms with E-state index in [0.29, 0.717) is 12.2 Å². The average molecular weight is 249 g/mol. The summed E-state index contributed by atoms with van der Waals surface area (Å²) < 4.78 is 0. The summed E-state index contributed by atoms with van der Waals surface area (Å²) in [5.74, 6) is -0.104. The lowest BCUT2D eigenvalue weighted by Crippen LogP contribution is -2.35. The van der Waals surface area contributed by atoms with Gasteiger partial charge in [-0.3, -0.25) is 14.9 Å². The first-order chi connectivity index (χ1) is 8.51. The molecule has 6 heteroatoms. The number of carbonyl (C=O) groups excluding carboxylic acids is 1. The summed E-state index contributed by atoms with van der Waals surface area (Å²) in [6.07, 6.45) is 0.772. The molecule has 1 heterocycles. The van der Waals surface area contributed by atoms with Crippen LogP contribution in [-0.2, 0) is 4.79 Å². The first-order valence-electron chi connectivity index (χ1n) is 5.78. The van der Waals surface area contributed by atoms with Crippen LogP contribution in [0.1, 0.15) is 13.3 Å². The second-order valence-electron chi connectivity index (χ2n) is 4.75. The Hall–Kier alpha value is -1.95. The number of carbonyl (C=O) groups is 1. The summed E-state index contributed by atoms with van der Waals surface area (Å²) >= 11 is 0. The van der Waals surface area contributed by atoms with Crippen molar-refractivity contribution in [3.8, 4) is 0 Å². The Morgan fingerprint density at radius 1 is 1.56 bits per heavy atom. The fourth-order valence-electron chi connectivity index (χ4n) is 1.99. The number of hydrogen-bond acceptors (Lipinski definition) is 4. The van der Waals surface area contributed by atoms with Crippen LogP contribution < -0.4 is 10.6 Å². The molecule has 18 heavy (non-hydrogen) atoms. The largest absolute Gasteiger partial charge is 0.325 e. The fraction of sp³-hybridized carbons (Fsp3) is 0.417. The molecular weight excluding hydrogens is 234 g/mol. The van der Waals surface area contributed by atoms with E-state index in [1.807, 2.05) is 6.92 Å². The van der Waals surface area contributed by atoms with Gasteiger partial charge in [-0.2, -0.15) is 0 Å². The molecule has 2 N–H and O–H groups in total. The van der Waals surface area contributed by atoms with Crippen molar-refractivity contribution in [3.63, 3.8) is 0 Å². The topological polar surface area (TPSA) is 84.3 Å². The number of amides is 1. The van der Waals surface area contributed by atoms with Gasteiger partial charge < -0.3 is 10.6 Å². The van der Waals surface area contributed by atoms with Gasteiger partial charge in [0.2, 0.25) is 5.91 Å². The van der Waals surface area contributed by atoms with Crippen molar-refractivity contribution in [3.05, 3.63) is 34.4 Å². The van der Waals surface area contributed by atoms with Gasteiger partial charge in [-0.15, -0.1) is 0 Å². The summed E-state index contributed by atoms with van der Waals surface area (Å²) in [6, 6.07) is 5.97. The second-order valence-corrected chi connectivity index (χ2v) is 4.75.